The number of nitrogens with one attached hydrogen (secondary N) is 1. The fraction of sp³-hybridized carbons (Fsp3) is 0.708. The van der Waals surface area contributed by atoms with Gasteiger partial charge >= 0.3 is 13.7 Å². The minimum atomic E-state index is -3.07. The van der Waals surface area contributed by atoms with Crippen LogP contribution in [-0.2, 0) is 18.3 Å². The van der Waals surface area contributed by atoms with Crippen molar-refractivity contribution in [2.75, 3.05) is 58.0 Å². The fourth-order valence-electron chi connectivity index (χ4n) is 3.63. The standard InChI is InChI=1S/C24H42N3O5PS/c1-6-30-33(29,31-7-2)20-27-17-15-26(16-18-27)14-13-21(25-23(28)32-24(3,4)5)19-34-22-11-9-8-10-12-22/h8-12,21H,6-7,13-20H2,1-5H3,(H,25,28)/t21-/m1/s1. The van der Waals surface area contributed by atoms with Crippen molar-refractivity contribution in [3.63, 3.8) is 0 Å². The SMILES string of the molecule is CCOP(=O)(CN1CCN(CC[C@H](CSc2ccccc2)NC(=O)OC(C)(C)C)CC1)OCC. The van der Waals surface area contributed by atoms with Crippen LogP contribution in [0.25, 0.3) is 0 Å². The molecular weight excluding hydrogens is 473 g/mol. The first-order chi connectivity index (χ1) is 16.1. The molecule has 1 N–H and O–H groups in total. The van der Waals surface area contributed by atoms with Crippen molar-refractivity contribution < 1.29 is 23.1 Å². The lowest BCUT2D eigenvalue weighted by molar-refractivity contribution is 0.0502. The van der Waals surface area contributed by atoms with Gasteiger partial charge in [-0.1, -0.05) is 18.2 Å². The van der Waals surface area contributed by atoms with Crippen molar-refractivity contribution in [1.82, 2.24) is 15.1 Å². The Morgan fingerprint density at radius 3 is 2.21 bits per heavy atom. The largest absolute Gasteiger partial charge is 0.444 e. The number of carbonyl (C=O) groups excluding carboxylic acids is 1. The number of nitrogens with zero attached hydrogens (tertiary/aromatic N) is 2. The summed E-state index contributed by atoms with van der Waals surface area (Å²) >= 11 is 1.74. The summed E-state index contributed by atoms with van der Waals surface area (Å²) in [5.74, 6) is 0.773. The molecule has 1 heterocycles. The zero-order valence-corrected chi connectivity index (χ0v) is 23.0. The summed E-state index contributed by atoms with van der Waals surface area (Å²) in [7, 11) is -3.07. The van der Waals surface area contributed by atoms with Gasteiger partial charge in [0, 0.05) is 49.4 Å². The van der Waals surface area contributed by atoms with Gasteiger partial charge in [-0.25, -0.2) is 4.79 Å². The second-order valence-corrected chi connectivity index (χ2v) is 12.4. The number of ether oxygens (including phenoxy) is 1. The third-order valence-corrected chi connectivity index (χ3v) is 8.42. The molecule has 1 aliphatic rings. The maximum atomic E-state index is 12.8. The van der Waals surface area contributed by atoms with Gasteiger partial charge in [-0.2, -0.15) is 0 Å². The van der Waals surface area contributed by atoms with E-state index in [1.165, 1.54) is 4.90 Å². The molecule has 0 spiro atoms. The van der Waals surface area contributed by atoms with Gasteiger partial charge in [0.1, 0.15) is 11.9 Å². The van der Waals surface area contributed by atoms with Crippen molar-refractivity contribution in [2.45, 2.75) is 57.6 Å². The number of amides is 1. The Bertz CT molecular complexity index is 760. The molecule has 0 radical (unpaired) electrons. The molecule has 0 aromatic heterocycles. The molecule has 0 saturated carbocycles. The van der Waals surface area contributed by atoms with Crippen LogP contribution < -0.4 is 5.32 Å². The Morgan fingerprint density at radius 2 is 1.65 bits per heavy atom. The Morgan fingerprint density at radius 1 is 1.06 bits per heavy atom. The van der Waals surface area contributed by atoms with Crippen molar-refractivity contribution in [2.24, 2.45) is 0 Å². The van der Waals surface area contributed by atoms with Gasteiger partial charge in [-0.15, -0.1) is 11.8 Å². The van der Waals surface area contributed by atoms with Gasteiger partial charge < -0.3 is 24.0 Å². The number of carbonyl (C=O) groups is 1. The number of alkyl carbamates (subject to hydrolysis) is 1. The summed E-state index contributed by atoms with van der Waals surface area (Å²) in [4.78, 5) is 18.1. The summed E-state index contributed by atoms with van der Waals surface area (Å²) < 4.78 is 29.2. The third kappa shape index (κ3) is 11.6. The summed E-state index contributed by atoms with van der Waals surface area (Å²) in [6.07, 6.45) is 0.785. The van der Waals surface area contributed by atoms with Gasteiger partial charge in [0.05, 0.1) is 13.2 Å². The topological polar surface area (TPSA) is 80.3 Å². The first kappa shape index (κ1) is 29.1. The van der Waals surface area contributed by atoms with Crippen molar-refractivity contribution >= 4 is 25.5 Å². The van der Waals surface area contributed by atoms with Crippen molar-refractivity contribution in [3.8, 4) is 0 Å². The number of benzene rings is 1. The molecule has 2 rings (SSSR count). The average molecular weight is 516 g/mol. The highest BCUT2D eigenvalue weighted by molar-refractivity contribution is 7.99. The highest BCUT2D eigenvalue weighted by atomic mass is 32.2. The maximum absolute atomic E-state index is 12.8. The molecule has 8 nitrogen and oxygen atoms in total. The van der Waals surface area contributed by atoms with Gasteiger partial charge in [-0.05, 0) is 53.2 Å². The average Bonchev–Trinajstić information content (AvgIpc) is 2.76. The van der Waals surface area contributed by atoms with E-state index in [4.69, 9.17) is 13.8 Å². The second kappa shape index (κ2) is 14.5. The van der Waals surface area contributed by atoms with E-state index >= 15 is 0 Å². The number of rotatable bonds is 13. The quantitative estimate of drug-likeness (QED) is 0.293. The Labute approximate surface area is 209 Å². The number of piperazine rings is 1. The third-order valence-electron chi connectivity index (χ3n) is 5.20. The van der Waals surface area contributed by atoms with Crippen LogP contribution in [0.5, 0.6) is 0 Å². The van der Waals surface area contributed by atoms with Crippen LogP contribution in [0.15, 0.2) is 35.2 Å². The first-order valence-electron chi connectivity index (χ1n) is 12.1. The molecule has 1 fully saturated rings. The van der Waals surface area contributed by atoms with E-state index in [0.717, 1.165) is 44.9 Å². The molecule has 34 heavy (non-hydrogen) atoms. The smallest absolute Gasteiger partial charge is 0.407 e. The lowest BCUT2D eigenvalue weighted by atomic mass is 10.2. The maximum Gasteiger partial charge on any atom is 0.407 e. The molecule has 1 aromatic rings. The van der Waals surface area contributed by atoms with Crippen molar-refractivity contribution in [1.29, 1.82) is 0 Å². The predicted molar refractivity (Wildman–Crippen MR) is 139 cm³/mol. The minimum absolute atomic E-state index is 0.00536. The molecule has 1 amide bonds. The monoisotopic (exact) mass is 515 g/mol. The molecule has 1 aromatic carbocycles. The van der Waals surface area contributed by atoms with Gasteiger partial charge in [0.15, 0.2) is 0 Å². The van der Waals surface area contributed by atoms with E-state index in [0.29, 0.717) is 19.5 Å². The molecule has 10 heteroatoms. The zero-order chi connectivity index (χ0) is 25.0. The van der Waals surface area contributed by atoms with Crippen LogP contribution in [0, 0.1) is 0 Å². The van der Waals surface area contributed by atoms with Gasteiger partial charge in [0.25, 0.3) is 0 Å². The van der Waals surface area contributed by atoms with E-state index in [9.17, 15) is 9.36 Å². The summed E-state index contributed by atoms with van der Waals surface area (Å²) in [6, 6.07) is 10.2. The molecule has 0 unspecified atom stereocenters. The number of hydrogen-bond donors (Lipinski definition) is 1. The molecule has 1 saturated heterocycles. The summed E-state index contributed by atoms with van der Waals surface area (Å²) in [5, 5.41) is 3.06. The summed E-state index contributed by atoms with van der Waals surface area (Å²) in [5.41, 5.74) is -0.528. The lowest BCUT2D eigenvalue weighted by Crippen LogP contribution is -2.48. The Kier molecular flexibility index (Phi) is 12.4. The van der Waals surface area contributed by atoms with Gasteiger partial charge in [0.2, 0.25) is 0 Å². The van der Waals surface area contributed by atoms with Crippen molar-refractivity contribution in [3.05, 3.63) is 30.3 Å². The van der Waals surface area contributed by atoms with E-state index < -0.39 is 13.2 Å². The highest BCUT2D eigenvalue weighted by Crippen LogP contribution is 2.48. The van der Waals surface area contributed by atoms with Crippen LogP contribution in [0.3, 0.4) is 0 Å². The van der Waals surface area contributed by atoms with Gasteiger partial charge in [-0.3, -0.25) is 9.46 Å². The van der Waals surface area contributed by atoms with E-state index in [1.54, 1.807) is 11.8 Å². The van der Waals surface area contributed by atoms with Crippen LogP contribution in [0.2, 0.25) is 0 Å². The summed E-state index contributed by atoms with van der Waals surface area (Å²) in [6.45, 7) is 14.3. The van der Waals surface area contributed by atoms with Crippen LogP contribution >= 0.6 is 19.4 Å². The zero-order valence-electron chi connectivity index (χ0n) is 21.3. The highest BCUT2D eigenvalue weighted by Gasteiger charge is 2.29. The normalized spacial score (nSPS) is 16.9. The van der Waals surface area contributed by atoms with E-state index in [2.05, 4.69) is 27.2 Å². The minimum Gasteiger partial charge on any atom is -0.444 e. The fourth-order valence-corrected chi connectivity index (χ4v) is 6.43. The molecule has 0 bridgehead atoms. The van der Waals surface area contributed by atoms with Crippen LogP contribution in [0.1, 0.15) is 41.0 Å². The molecule has 1 atom stereocenters. The Balaban J connectivity index is 1.85. The van der Waals surface area contributed by atoms with Crippen LogP contribution in [0.4, 0.5) is 4.79 Å². The number of hydrogen-bond acceptors (Lipinski definition) is 8. The lowest BCUT2D eigenvalue weighted by Gasteiger charge is -2.36. The Hall–Kier alpha value is -1.09. The van der Waals surface area contributed by atoms with Crippen LogP contribution in [-0.4, -0.2) is 85.5 Å². The molecule has 1 aliphatic heterocycles. The second-order valence-electron chi connectivity index (χ2n) is 9.30. The molecule has 194 valence electrons. The molecule has 0 aliphatic carbocycles. The van der Waals surface area contributed by atoms with E-state index in [1.807, 2.05) is 52.8 Å². The number of thioether (sulfide) groups is 1. The molecular formula is C24H42N3O5PS. The first-order valence-corrected chi connectivity index (χ1v) is 14.8. The predicted octanol–water partition coefficient (Wildman–Crippen LogP) is 4.90. The van der Waals surface area contributed by atoms with E-state index in [-0.39, 0.29) is 12.1 Å².